The summed E-state index contributed by atoms with van der Waals surface area (Å²) in [6.45, 7) is 6.35. The van der Waals surface area contributed by atoms with E-state index in [1.165, 1.54) is 21.4 Å². The van der Waals surface area contributed by atoms with Gasteiger partial charge in [-0.15, -0.1) is 0 Å². The van der Waals surface area contributed by atoms with Crippen LogP contribution in [0.1, 0.15) is 16.7 Å². The Morgan fingerprint density at radius 1 is 0.947 bits per heavy atom. The number of benzene rings is 2. The first-order chi connectivity index (χ1) is 9.13. The van der Waals surface area contributed by atoms with Crippen molar-refractivity contribution in [2.75, 3.05) is 5.32 Å². The van der Waals surface area contributed by atoms with Gasteiger partial charge >= 0.3 is 0 Å². The maximum atomic E-state index is 4.67. The van der Waals surface area contributed by atoms with Crippen molar-refractivity contribution in [3.8, 4) is 0 Å². The van der Waals surface area contributed by atoms with Crippen LogP contribution in [0.25, 0.3) is 10.2 Å². The van der Waals surface area contributed by atoms with E-state index in [0.717, 1.165) is 16.3 Å². The molecule has 0 radical (unpaired) electrons. The van der Waals surface area contributed by atoms with Crippen molar-refractivity contribution in [1.82, 2.24) is 4.98 Å². The number of fused-ring (bicyclic) bond motifs is 1. The monoisotopic (exact) mass is 268 g/mol. The molecule has 3 aromatic rings. The Balaban J connectivity index is 1.96. The lowest BCUT2D eigenvalue weighted by atomic mass is 10.1. The molecule has 0 aliphatic heterocycles. The van der Waals surface area contributed by atoms with Crippen LogP contribution in [0.2, 0.25) is 0 Å². The Morgan fingerprint density at radius 2 is 1.79 bits per heavy atom. The second-order valence-corrected chi connectivity index (χ2v) is 5.90. The summed E-state index contributed by atoms with van der Waals surface area (Å²) in [6, 6.07) is 12.7. The fourth-order valence-electron chi connectivity index (χ4n) is 2.08. The molecule has 19 heavy (non-hydrogen) atoms. The van der Waals surface area contributed by atoms with Crippen molar-refractivity contribution in [2.24, 2.45) is 0 Å². The van der Waals surface area contributed by atoms with Crippen LogP contribution in [0.4, 0.5) is 10.8 Å². The number of nitrogens with zero attached hydrogens (tertiary/aromatic N) is 1. The van der Waals surface area contributed by atoms with Gasteiger partial charge in [0.15, 0.2) is 5.13 Å². The van der Waals surface area contributed by atoms with Gasteiger partial charge in [-0.05, 0) is 55.7 Å². The average Bonchev–Trinajstić information content (AvgIpc) is 2.78. The summed E-state index contributed by atoms with van der Waals surface area (Å²) in [5, 5.41) is 4.35. The highest BCUT2D eigenvalue weighted by Crippen LogP contribution is 2.30. The zero-order valence-corrected chi connectivity index (χ0v) is 12.1. The van der Waals surface area contributed by atoms with E-state index >= 15 is 0 Å². The van der Waals surface area contributed by atoms with Crippen LogP contribution in [0.5, 0.6) is 0 Å². The smallest absolute Gasteiger partial charge is 0.188 e. The number of hydrogen-bond donors (Lipinski definition) is 1. The van der Waals surface area contributed by atoms with Crippen molar-refractivity contribution < 1.29 is 0 Å². The van der Waals surface area contributed by atoms with E-state index < -0.39 is 0 Å². The standard InChI is InChI=1S/C16H16N2S/c1-10-7-8-13(9-12(10)3)17-16-18-15-11(2)5-4-6-14(15)19-16/h4-9H,1-3H3,(H,17,18). The van der Waals surface area contributed by atoms with Crippen molar-refractivity contribution in [3.63, 3.8) is 0 Å². The Hall–Kier alpha value is -1.87. The molecular weight excluding hydrogens is 252 g/mol. The molecular formula is C16H16N2S. The van der Waals surface area contributed by atoms with Crippen molar-refractivity contribution in [3.05, 3.63) is 53.1 Å². The van der Waals surface area contributed by atoms with Crippen LogP contribution in [0, 0.1) is 20.8 Å². The topological polar surface area (TPSA) is 24.9 Å². The number of anilines is 2. The van der Waals surface area contributed by atoms with Crippen LogP contribution in [0.15, 0.2) is 36.4 Å². The van der Waals surface area contributed by atoms with Gasteiger partial charge in [0.05, 0.1) is 10.2 Å². The number of thiazole rings is 1. The lowest BCUT2D eigenvalue weighted by Gasteiger charge is -2.05. The molecule has 3 heteroatoms. The van der Waals surface area contributed by atoms with Gasteiger partial charge in [-0.3, -0.25) is 0 Å². The van der Waals surface area contributed by atoms with Gasteiger partial charge in [0.25, 0.3) is 0 Å². The van der Waals surface area contributed by atoms with Gasteiger partial charge in [-0.2, -0.15) is 0 Å². The Morgan fingerprint density at radius 3 is 2.53 bits per heavy atom. The third kappa shape index (κ3) is 2.34. The first-order valence-electron chi connectivity index (χ1n) is 6.34. The zero-order chi connectivity index (χ0) is 13.4. The van der Waals surface area contributed by atoms with Crippen molar-refractivity contribution >= 4 is 32.4 Å². The summed E-state index contributed by atoms with van der Waals surface area (Å²) in [6.07, 6.45) is 0. The molecule has 0 amide bonds. The van der Waals surface area contributed by atoms with Crippen LogP contribution in [-0.2, 0) is 0 Å². The van der Waals surface area contributed by atoms with Crippen molar-refractivity contribution in [2.45, 2.75) is 20.8 Å². The molecule has 3 rings (SSSR count). The van der Waals surface area contributed by atoms with Gasteiger partial charge in [0, 0.05) is 5.69 Å². The van der Waals surface area contributed by atoms with E-state index in [1.807, 2.05) is 0 Å². The maximum absolute atomic E-state index is 4.67. The lowest BCUT2D eigenvalue weighted by molar-refractivity contribution is 1.33. The molecule has 0 saturated carbocycles. The second kappa shape index (κ2) is 4.67. The summed E-state index contributed by atoms with van der Waals surface area (Å²) in [5.74, 6) is 0. The van der Waals surface area contributed by atoms with Gasteiger partial charge in [-0.25, -0.2) is 4.98 Å². The highest BCUT2D eigenvalue weighted by molar-refractivity contribution is 7.22. The molecule has 96 valence electrons. The predicted octanol–water partition coefficient (Wildman–Crippen LogP) is 4.97. The van der Waals surface area contributed by atoms with Crippen LogP contribution in [-0.4, -0.2) is 4.98 Å². The largest absolute Gasteiger partial charge is 0.332 e. The minimum Gasteiger partial charge on any atom is -0.332 e. The molecule has 2 nitrogen and oxygen atoms in total. The van der Waals surface area contributed by atoms with Crippen molar-refractivity contribution in [1.29, 1.82) is 0 Å². The summed E-state index contributed by atoms with van der Waals surface area (Å²) in [4.78, 5) is 4.67. The normalized spacial score (nSPS) is 10.9. The fourth-order valence-corrected chi connectivity index (χ4v) is 3.05. The summed E-state index contributed by atoms with van der Waals surface area (Å²) in [7, 11) is 0. The first kappa shape index (κ1) is 12.2. The van der Waals surface area contributed by atoms with Gasteiger partial charge in [-0.1, -0.05) is 29.5 Å². The first-order valence-corrected chi connectivity index (χ1v) is 7.15. The van der Waals surface area contributed by atoms with E-state index in [9.17, 15) is 0 Å². The molecule has 0 unspecified atom stereocenters. The minimum absolute atomic E-state index is 0.951. The molecule has 0 fully saturated rings. The van der Waals surface area contributed by atoms with E-state index in [-0.39, 0.29) is 0 Å². The molecule has 1 heterocycles. The molecule has 0 bridgehead atoms. The maximum Gasteiger partial charge on any atom is 0.188 e. The van der Waals surface area contributed by atoms with Gasteiger partial charge in [0.1, 0.15) is 0 Å². The van der Waals surface area contributed by atoms with Gasteiger partial charge < -0.3 is 5.32 Å². The molecule has 0 atom stereocenters. The van der Waals surface area contributed by atoms with E-state index in [2.05, 4.69) is 67.5 Å². The Bertz CT molecular complexity index is 744. The molecule has 0 aliphatic carbocycles. The van der Waals surface area contributed by atoms with E-state index in [4.69, 9.17) is 0 Å². The number of aromatic nitrogens is 1. The SMILES string of the molecule is Cc1ccc(Nc2nc3c(C)cccc3s2)cc1C. The Kier molecular flexibility index (Phi) is 2.99. The molecule has 2 aromatic carbocycles. The predicted molar refractivity (Wildman–Crippen MR) is 83.6 cm³/mol. The number of nitrogens with one attached hydrogen (secondary N) is 1. The minimum atomic E-state index is 0.951. The molecule has 0 spiro atoms. The van der Waals surface area contributed by atoms with Crippen LogP contribution >= 0.6 is 11.3 Å². The summed E-state index contributed by atoms with van der Waals surface area (Å²) in [5.41, 5.74) is 6.02. The average molecular weight is 268 g/mol. The highest BCUT2D eigenvalue weighted by Gasteiger charge is 2.06. The highest BCUT2D eigenvalue weighted by atomic mass is 32.1. The summed E-state index contributed by atoms with van der Waals surface area (Å²) < 4.78 is 1.23. The van der Waals surface area contributed by atoms with Crippen LogP contribution < -0.4 is 5.32 Å². The zero-order valence-electron chi connectivity index (χ0n) is 11.3. The summed E-state index contributed by atoms with van der Waals surface area (Å²) >= 11 is 1.69. The fraction of sp³-hybridized carbons (Fsp3) is 0.188. The third-order valence-corrected chi connectivity index (χ3v) is 4.31. The van der Waals surface area contributed by atoms with E-state index in [1.54, 1.807) is 11.3 Å². The molecule has 1 N–H and O–H groups in total. The quantitative estimate of drug-likeness (QED) is 0.710. The Labute approximate surface area is 117 Å². The van der Waals surface area contributed by atoms with E-state index in [0.29, 0.717) is 0 Å². The van der Waals surface area contributed by atoms with Crippen LogP contribution in [0.3, 0.4) is 0 Å². The lowest BCUT2D eigenvalue weighted by Crippen LogP contribution is -1.91. The second-order valence-electron chi connectivity index (χ2n) is 4.86. The number of para-hydroxylation sites is 1. The molecule has 1 aromatic heterocycles. The third-order valence-electron chi connectivity index (χ3n) is 3.38. The number of aryl methyl sites for hydroxylation is 3. The molecule has 0 aliphatic rings. The number of hydrogen-bond acceptors (Lipinski definition) is 3. The number of rotatable bonds is 2. The molecule has 0 saturated heterocycles. The van der Waals surface area contributed by atoms with Gasteiger partial charge in [0.2, 0.25) is 0 Å².